The fourth-order valence-electron chi connectivity index (χ4n) is 2.66. The highest BCUT2D eigenvalue weighted by atomic mass is 16.4. The van der Waals surface area contributed by atoms with Gasteiger partial charge in [0.05, 0.1) is 17.0 Å². The Morgan fingerprint density at radius 3 is 2.95 bits per heavy atom. The van der Waals surface area contributed by atoms with Gasteiger partial charge in [0.15, 0.2) is 0 Å². The lowest BCUT2D eigenvalue weighted by atomic mass is 9.82. The molecule has 0 saturated carbocycles. The summed E-state index contributed by atoms with van der Waals surface area (Å²) < 4.78 is 0. The maximum atomic E-state index is 11.3. The number of aliphatic carboxylic acids is 1. The zero-order valence-corrected chi connectivity index (χ0v) is 11.1. The van der Waals surface area contributed by atoms with Crippen LogP contribution in [0.2, 0.25) is 0 Å². The van der Waals surface area contributed by atoms with Crippen LogP contribution in [0.5, 0.6) is 0 Å². The van der Waals surface area contributed by atoms with Crippen LogP contribution in [-0.4, -0.2) is 29.1 Å². The van der Waals surface area contributed by atoms with Gasteiger partial charge in [0.1, 0.15) is 0 Å². The standard InChI is InChI=1S/C15H18N2O2/c1-15(14(18)19)7-4-8-17(11-15)10-13-6-3-2-5-12(13)9-16/h2-3,5-6H,4,7-8,10-11H2,1H3,(H,18,19). The van der Waals surface area contributed by atoms with Crippen molar-refractivity contribution >= 4 is 5.97 Å². The molecular formula is C15H18N2O2. The van der Waals surface area contributed by atoms with Crippen LogP contribution >= 0.6 is 0 Å². The normalized spacial score (nSPS) is 23.8. The van der Waals surface area contributed by atoms with Gasteiger partial charge >= 0.3 is 5.97 Å². The zero-order valence-electron chi connectivity index (χ0n) is 11.1. The molecule has 0 bridgehead atoms. The van der Waals surface area contributed by atoms with Crippen molar-refractivity contribution in [3.63, 3.8) is 0 Å². The number of nitrogens with zero attached hydrogens (tertiary/aromatic N) is 2. The number of hydrogen-bond donors (Lipinski definition) is 1. The SMILES string of the molecule is CC1(C(=O)O)CCCN(Cc2ccccc2C#N)C1. The van der Waals surface area contributed by atoms with Gasteiger partial charge < -0.3 is 5.11 Å². The van der Waals surface area contributed by atoms with E-state index in [1.165, 1.54) is 0 Å². The van der Waals surface area contributed by atoms with Gasteiger partial charge in [-0.3, -0.25) is 9.69 Å². The molecule has 1 aromatic rings. The summed E-state index contributed by atoms with van der Waals surface area (Å²) in [5.41, 5.74) is 0.976. The minimum absolute atomic E-state index is 0.544. The van der Waals surface area contributed by atoms with E-state index in [2.05, 4.69) is 11.0 Å². The fraction of sp³-hybridized carbons (Fsp3) is 0.467. The second-order valence-electron chi connectivity index (χ2n) is 5.45. The molecule has 0 radical (unpaired) electrons. The van der Waals surface area contributed by atoms with Crippen molar-refractivity contribution < 1.29 is 9.90 Å². The van der Waals surface area contributed by atoms with Crippen molar-refractivity contribution in [2.24, 2.45) is 5.41 Å². The molecule has 4 nitrogen and oxygen atoms in total. The van der Waals surface area contributed by atoms with E-state index < -0.39 is 11.4 Å². The Kier molecular flexibility index (Phi) is 3.87. The van der Waals surface area contributed by atoms with Crippen LogP contribution in [0.3, 0.4) is 0 Å². The van der Waals surface area contributed by atoms with E-state index in [0.717, 1.165) is 24.9 Å². The Balaban J connectivity index is 2.12. The van der Waals surface area contributed by atoms with Crippen LogP contribution in [0.4, 0.5) is 0 Å². The number of carboxylic acids is 1. The average molecular weight is 258 g/mol. The lowest BCUT2D eigenvalue weighted by Gasteiger charge is -2.37. The Morgan fingerprint density at radius 2 is 2.26 bits per heavy atom. The van der Waals surface area contributed by atoms with Crippen LogP contribution in [0.25, 0.3) is 0 Å². The van der Waals surface area contributed by atoms with Gasteiger partial charge in [-0.15, -0.1) is 0 Å². The molecule has 1 fully saturated rings. The number of carbonyl (C=O) groups is 1. The number of rotatable bonds is 3. The topological polar surface area (TPSA) is 64.3 Å². The Morgan fingerprint density at radius 1 is 1.53 bits per heavy atom. The summed E-state index contributed by atoms with van der Waals surface area (Å²) >= 11 is 0. The van der Waals surface area contributed by atoms with Crippen molar-refractivity contribution in [3.05, 3.63) is 35.4 Å². The number of piperidine rings is 1. The lowest BCUT2D eigenvalue weighted by molar-refractivity contribution is -0.151. The number of nitriles is 1. The predicted molar refractivity (Wildman–Crippen MR) is 71.4 cm³/mol. The van der Waals surface area contributed by atoms with Crippen LogP contribution < -0.4 is 0 Å². The van der Waals surface area contributed by atoms with E-state index in [1.807, 2.05) is 18.2 Å². The first-order valence-corrected chi connectivity index (χ1v) is 6.49. The van der Waals surface area contributed by atoms with E-state index in [1.54, 1.807) is 13.0 Å². The first-order chi connectivity index (χ1) is 9.05. The quantitative estimate of drug-likeness (QED) is 0.903. The van der Waals surface area contributed by atoms with Crippen molar-refractivity contribution in [2.45, 2.75) is 26.3 Å². The molecule has 1 N–H and O–H groups in total. The minimum Gasteiger partial charge on any atom is -0.481 e. The lowest BCUT2D eigenvalue weighted by Crippen LogP contribution is -2.45. The van der Waals surface area contributed by atoms with Crippen LogP contribution in [-0.2, 0) is 11.3 Å². The summed E-state index contributed by atoms with van der Waals surface area (Å²) in [4.78, 5) is 13.5. The number of carboxylic acid groups (broad SMARTS) is 1. The van der Waals surface area contributed by atoms with Gasteiger partial charge in [-0.2, -0.15) is 5.26 Å². The first-order valence-electron chi connectivity index (χ1n) is 6.49. The summed E-state index contributed by atoms with van der Waals surface area (Å²) in [5.74, 6) is -0.731. The Hall–Kier alpha value is -1.86. The van der Waals surface area contributed by atoms with E-state index >= 15 is 0 Å². The van der Waals surface area contributed by atoms with Gasteiger partial charge in [-0.1, -0.05) is 18.2 Å². The highest BCUT2D eigenvalue weighted by Gasteiger charge is 2.37. The van der Waals surface area contributed by atoms with E-state index in [0.29, 0.717) is 18.7 Å². The molecule has 4 heteroatoms. The van der Waals surface area contributed by atoms with Gasteiger partial charge in [0.25, 0.3) is 0 Å². The molecule has 1 aliphatic rings. The largest absolute Gasteiger partial charge is 0.481 e. The molecule has 2 rings (SSSR count). The molecule has 1 aromatic carbocycles. The Bertz CT molecular complexity index is 521. The molecule has 1 heterocycles. The molecule has 1 aliphatic heterocycles. The smallest absolute Gasteiger partial charge is 0.310 e. The monoisotopic (exact) mass is 258 g/mol. The molecule has 1 atom stereocenters. The summed E-state index contributed by atoms with van der Waals surface area (Å²) in [6.07, 6.45) is 1.61. The van der Waals surface area contributed by atoms with E-state index in [9.17, 15) is 9.90 Å². The van der Waals surface area contributed by atoms with Gasteiger partial charge in [-0.05, 0) is 37.9 Å². The van der Waals surface area contributed by atoms with Crippen molar-refractivity contribution in [1.82, 2.24) is 4.90 Å². The molecule has 0 spiro atoms. The molecule has 1 saturated heterocycles. The molecule has 0 amide bonds. The van der Waals surface area contributed by atoms with Gasteiger partial charge in [0, 0.05) is 13.1 Å². The number of likely N-dealkylation sites (tertiary alicyclic amines) is 1. The average Bonchev–Trinajstić information content (AvgIpc) is 2.39. The highest BCUT2D eigenvalue weighted by molar-refractivity contribution is 5.74. The summed E-state index contributed by atoms with van der Waals surface area (Å²) in [5, 5.41) is 18.4. The highest BCUT2D eigenvalue weighted by Crippen LogP contribution is 2.30. The second kappa shape index (κ2) is 5.41. The fourth-order valence-corrected chi connectivity index (χ4v) is 2.66. The molecule has 0 aromatic heterocycles. The summed E-state index contributed by atoms with van der Waals surface area (Å²) in [7, 11) is 0. The van der Waals surface area contributed by atoms with E-state index in [-0.39, 0.29) is 0 Å². The third kappa shape index (κ3) is 2.94. The molecule has 0 aliphatic carbocycles. The third-order valence-electron chi connectivity index (χ3n) is 3.82. The maximum absolute atomic E-state index is 11.3. The first kappa shape index (κ1) is 13.6. The van der Waals surface area contributed by atoms with Crippen LogP contribution in [0.15, 0.2) is 24.3 Å². The van der Waals surface area contributed by atoms with Gasteiger partial charge in [-0.25, -0.2) is 0 Å². The summed E-state index contributed by atoms with van der Waals surface area (Å²) in [6, 6.07) is 9.68. The second-order valence-corrected chi connectivity index (χ2v) is 5.45. The minimum atomic E-state index is -0.731. The van der Waals surface area contributed by atoms with Crippen molar-refractivity contribution in [1.29, 1.82) is 5.26 Å². The number of benzene rings is 1. The van der Waals surface area contributed by atoms with E-state index in [4.69, 9.17) is 5.26 Å². The zero-order chi connectivity index (χ0) is 13.9. The molecule has 100 valence electrons. The predicted octanol–water partition coefficient (Wildman–Crippen LogP) is 2.24. The Labute approximate surface area is 113 Å². The number of hydrogen-bond acceptors (Lipinski definition) is 3. The maximum Gasteiger partial charge on any atom is 0.310 e. The summed E-state index contributed by atoms with van der Waals surface area (Å²) in [6.45, 7) is 3.88. The van der Waals surface area contributed by atoms with Crippen LogP contribution in [0.1, 0.15) is 30.9 Å². The molecule has 1 unspecified atom stereocenters. The van der Waals surface area contributed by atoms with Crippen LogP contribution in [0, 0.1) is 16.7 Å². The third-order valence-corrected chi connectivity index (χ3v) is 3.82. The van der Waals surface area contributed by atoms with Crippen molar-refractivity contribution in [2.75, 3.05) is 13.1 Å². The molecular weight excluding hydrogens is 240 g/mol. The van der Waals surface area contributed by atoms with Crippen molar-refractivity contribution in [3.8, 4) is 6.07 Å². The van der Waals surface area contributed by atoms with Gasteiger partial charge in [0.2, 0.25) is 0 Å². The molecule has 19 heavy (non-hydrogen) atoms.